The number of carbonyl (C=O) groups is 1. The normalized spacial score (nSPS) is 18.0. The van der Waals surface area contributed by atoms with Crippen LogP contribution in [0.3, 0.4) is 0 Å². The Morgan fingerprint density at radius 3 is 2.67 bits per heavy atom. The number of nitrogens with one attached hydrogen (secondary N) is 1. The fourth-order valence-corrected chi connectivity index (χ4v) is 3.10. The molecule has 0 aliphatic carbocycles. The fourth-order valence-electron chi connectivity index (χ4n) is 3.10. The summed E-state index contributed by atoms with van der Waals surface area (Å²) in [6.45, 7) is 4.96. The average Bonchev–Trinajstić information content (AvgIpc) is 2.59. The van der Waals surface area contributed by atoms with E-state index < -0.39 is 4.92 Å². The molecular formula is C17H25N3O4. The first-order chi connectivity index (χ1) is 11.4. The van der Waals surface area contributed by atoms with Crippen LogP contribution in [-0.2, 0) is 0 Å². The van der Waals surface area contributed by atoms with Crippen LogP contribution in [0.25, 0.3) is 0 Å². The number of nitrogens with zero attached hydrogens (tertiary/aromatic N) is 2. The van der Waals surface area contributed by atoms with Gasteiger partial charge in [-0.1, -0.05) is 19.1 Å². The molecule has 2 atom stereocenters. The zero-order valence-corrected chi connectivity index (χ0v) is 14.1. The molecule has 0 aromatic heterocycles. The van der Waals surface area contributed by atoms with Crippen molar-refractivity contribution in [3.8, 4) is 0 Å². The lowest BCUT2D eigenvalue weighted by atomic mass is 9.92. The van der Waals surface area contributed by atoms with E-state index in [1.165, 1.54) is 12.1 Å². The lowest BCUT2D eigenvalue weighted by Crippen LogP contribution is -2.46. The minimum Gasteiger partial charge on any atom is -0.393 e. The lowest BCUT2D eigenvalue weighted by molar-refractivity contribution is -0.384. The number of urea groups is 1. The van der Waals surface area contributed by atoms with E-state index in [0.717, 1.165) is 18.4 Å². The Morgan fingerprint density at radius 2 is 2.12 bits per heavy atom. The summed E-state index contributed by atoms with van der Waals surface area (Å²) in [5.74, 6) is 0.243. The van der Waals surface area contributed by atoms with Gasteiger partial charge in [-0.3, -0.25) is 10.1 Å². The van der Waals surface area contributed by atoms with Gasteiger partial charge in [0.2, 0.25) is 0 Å². The van der Waals surface area contributed by atoms with Crippen molar-refractivity contribution in [1.29, 1.82) is 0 Å². The molecule has 132 valence electrons. The molecule has 24 heavy (non-hydrogen) atoms. The molecule has 0 saturated carbocycles. The zero-order chi connectivity index (χ0) is 17.7. The number of hydrogen-bond acceptors (Lipinski definition) is 4. The highest BCUT2D eigenvalue weighted by Gasteiger charge is 2.26. The second kappa shape index (κ2) is 8.10. The van der Waals surface area contributed by atoms with E-state index in [1.54, 1.807) is 24.0 Å². The van der Waals surface area contributed by atoms with Gasteiger partial charge in [0.25, 0.3) is 5.69 Å². The van der Waals surface area contributed by atoms with Crippen LogP contribution in [0.15, 0.2) is 24.3 Å². The fraction of sp³-hybridized carbons (Fsp3) is 0.588. The molecule has 2 N–H and O–H groups in total. The smallest absolute Gasteiger partial charge is 0.317 e. The summed E-state index contributed by atoms with van der Waals surface area (Å²) in [5.41, 5.74) is 0.761. The molecule has 2 rings (SSSR count). The molecule has 1 aliphatic heterocycles. The van der Waals surface area contributed by atoms with Gasteiger partial charge in [0, 0.05) is 25.2 Å². The van der Waals surface area contributed by atoms with Crippen LogP contribution < -0.4 is 5.32 Å². The molecule has 2 amide bonds. The molecule has 1 aromatic carbocycles. The first kappa shape index (κ1) is 18.2. The van der Waals surface area contributed by atoms with Crippen molar-refractivity contribution >= 4 is 11.7 Å². The number of aliphatic hydroxyl groups excluding tert-OH is 1. The van der Waals surface area contributed by atoms with Crippen LogP contribution in [0.1, 0.15) is 44.7 Å². The summed E-state index contributed by atoms with van der Waals surface area (Å²) in [6.07, 6.45) is 1.89. The van der Waals surface area contributed by atoms with Crippen molar-refractivity contribution < 1.29 is 14.8 Å². The number of amides is 2. The van der Waals surface area contributed by atoms with E-state index in [-0.39, 0.29) is 29.8 Å². The molecule has 0 bridgehead atoms. The van der Waals surface area contributed by atoms with E-state index in [4.69, 9.17) is 0 Å². The third-order valence-electron chi connectivity index (χ3n) is 4.70. The summed E-state index contributed by atoms with van der Waals surface area (Å²) < 4.78 is 0. The van der Waals surface area contributed by atoms with Gasteiger partial charge >= 0.3 is 6.03 Å². The highest BCUT2D eigenvalue weighted by molar-refractivity contribution is 5.74. The summed E-state index contributed by atoms with van der Waals surface area (Å²) >= 11 is 0. The number of benzene rings is 1. The van der Waals surface area contributed by atoms with E-state index >= 15 is 0 Å². The Labute approximate surface area is 141 Å². The number of aliphatic hydroxyl groups is 1. The van der Waals surface area contributed by atoms with Crippen molar-refractivity contribution in [2.75, 3.05) is 13.1 Å². The van der Waals surface area contributed by atoms with Crippen LogP contribution in [0.5, 0.6) is 0 Å². The summed E-state index contributed by atoms with van der Waals surface area (Å²) in [4.78, 5) is 24.7. The maximum absolute atomic E-state index is 12.5. The topological polar surface area (TPSA) is 95.7 Å². The quantitative estimate of drug-likeness (QED) is 0.639. The standard InChI is InChI=1S/C17H25N3O4/c1-3-16(14-5-4-6-15(11-14)20(23)24)18-17(22)19-9-7-13(8-10-19)12(2)21/h4-6,11-13,16,21H,3,7-10H2,1-2H3,(H,18,22). The Balaban J connectivity index is 1.99. The Hall–Kier alpha value is -2.15. The first-order valence-electron chi connectivity index (χ1n) is 8.40. The van der Waals surface area contributed by atoms with Gasteiger partial charge in [0.15, 0.2) is 0 Å². The van der Waals surface area contributed by atoms with Crippen LogP contribution in [-0.4, -0.2) is 40.2 Å². The van der Waals surface area contributed by atoms with Crippen molar-refractivity contribution in [2.24, 2.45) is 5.92 Å². The highest BCUT2D eigenvalue weighted by atomic mass is 16.6. The van der Waals surface area contributed by atoms with Crippen LogP contribution >= 0.6 is 0 Å². The van der Waals surface area contributed by atoms with Gasteiger partial charge in [0.1, 0.15) is 0 Å². The summed E-state index contributed by atoms with van der Waals surface area (Å²) in [5, 5.41) is 23.5. The second-order valence-corrected chi connectivity index (χ2v) is 6.33. The number of likely N-dealkylation sites (tertiary alicyclic amines) is 1. The lowest BCUT2D eigenvalue weighted by Gasteiger charge is -2.34. The predicted molar refractivity (Wildman–Crippen MR) is 90.6 cm³/mol. The maximum Gasteiger partial charge on any atom is 0.317 e. The van der Waals surface area contributed by atoms with E-state index in [1.807, 2.05) is 6.92 Å². The monoisotopic (exact) mass is 335 g/mol. The van der Waals surface area contributed by atoms with Gasteiger partial charge in [-0.05, 0) is 37.7 Å². The number of hydrogen-bond donors (Lipinski definition) is 2. The van der Waals surface area contributed by atoms with E-state index in [2.05, 4.69) is 5.32 Å². The Kier molecular flexibility index (Phi) is 6.14. The number of nitro benzene ring substituents is 1. The molecule has 1 aliphatic rings. The van der Waals surface area contributed by atoms with Gasteiger partial charge in [-0.2, -0.15) is 0 Å². The third-order valence-corrected chi connectivity index (χ3v) is 4.70. The number of rotatable bonds is 5. The van der Waals surface area contributed by atoms with Gasteiger partial charge in [0.05, 0.1) is 17.1 Å². The Morgan fingerprint density at radius 1 is 1.46 bits per heavy atom. The first-order valence-corrected chi connectivity index (χ1v) is 8.40. The van der Waals surface area contributed by atoms with Gasteiger partial charge < -0.3 is 15.3 Å². The van der Waals surface area contributed by atoms with Crippen LogP contribution in [0, 0.1) is 16.0 Å². The Bertz CT molecular complexity index is 583. The SMILES string of the molecule is CCC(NC(=O)N1CCC(C(C)O)CC1)c1cccc([N+](=O)[O-])c1. The second-order valence-electron chi connectivity index (χ2n) is 6.33. The molecule has 0 spiro atoms. The molecular weight excluding hydrogens is 310 g/mol. The summed E-state index contributed by atoms with van der Waals surface area (Å²) in [6, 6.07) is 5.97. The molecule has 1 fully saturated rings. The maximum atomic E-state index is 12.5. The molecule has 1 aromatic rings. The number of nitro groups is 1. The van der Waals surface area contributed by atoms with Crippen molar-refractivity contribution in [1.82, 2.24) is 10.2 Å². The average molecular weight is 335 g/mol. The highest BCUT2D eigenvalue weighted by Crippen LogP contribution is 2.24. The van der Waals surface area contributed by atoms with E-state index in [0.29, 0.717) is 19.5 Å². The predicted octanol–water partition coefficient (Wildman–Crippen LogP) is 2.85. The number of carbonyl (C=O) groups excluding carboxylic acids is 1. The van der Waals surface area contributed by atoms with Gasteiger partial charge in [-0.15, -0.1) is 0 Å². The molecule has 0 radical (unpaired) electrons. The third kappa shape index (κ3) is 4.44. The molecule has 7 nitrogen and oxygen atoms in total. The summed E-state index contributed by atoms with van der Waals surface area (Å²) in [7, 11) is 0. The molecule has 2 unspecified atom stereocenters. The van der Waals surface area contributed by atoms with Crippen molar-refractivity contribution in [3.05, 3.63) is 39.9 Å². The van der Waals surface area contributed by atoms with Crippen molar-refractivity contribution in [2.45, 2.75) is 45.3 Å². The molecule has 7 heteroatoms. The minimum atomic E-state index is -0.432. The van der Waals surface area contributed by atoms with Crippen LogP contribution in [0.4, 0.5) is 10.5 Å². The molecule has 1 saturated heterocycles. The number of piperidine rings is 1. The molecule has 1 heterocycles. The van der Waals surface area contributed by atoms with Crippen molar-refractivity contribution in [3.63, 3.8) is 0 Å². The van der Waals surface area contributed by atoms with Crippen LogP contribution in [0.2, 0.25) is 0 Å². The zero-order valence-electron chi connectivity index (χ0n) is 14.1. The number of non-ortho nitro benzene ring substituents is 1. The largest absolute Gasteiger partial charge is 0.393 e. The van der Waals surface area contributed by atoms with E-state index in [9.17, 15) is 20.0 Å². The minimum absolute atomic E-state index is 0.0259. The van der Waals surface area contributed by atoms with Gasteiger partial charge in [-0.25, -0.2) is 4.79 Å².